The Balaban J connectivity index is 0.000000232. The smallest absolute Gasteiger partial charge is 0.330 e. The Morgan fingerprint density at radius 3 is 1.59 bits per heavy atom. The normalized spacial score (nSPS) is 11.2. The van der Waals surface area contributed by atoms with Crippen molar-refractivity contribution in [1.82, 2.24) is 19.9 Å². The minimum atomic E-state index is -3.73. The van der Waals surface area contributed by atoms with Gasteiger partial charge in [-0.15, -0.1) is 0 Å². The first-order valence-electron chi connectivity index (χ1n) is 18.4. The molecule has 12 nitrogen and oxygen atoms in total. The number of halogens is 4. The summed E-state index contributed by atoms with van der Waals surface area (Å²) in [6.07, 6.45) is 10.1. The van der Waals surface area contributed by atoms with E-state index in [4.69, 9.17) is 32.7 Å². The summed E-state index contributed by atoms with van der Waals surface area (Å²) in [7, 11) is -3.73. The summed E-state index contributed by atoms with van der Waals surface area (Å²) in [6.45, 7) is 5.95. The fourth-order valence-electron chi connectivity index (χ4n) is 5.45. The standard InChI is InChI=1S/C22H19ClFN3O4S.C22H19ClFN3O2/c1-3-31-20(28)10-7-14-5-4-6-15(11-14)17-13-25-22(27-21(17)32(2,29)30)26-16-8-9-19(24)18(23)12-16;1-3-29-21(28)10-7-15-5-4-6-16(11-15)18-13-25-22(26-14(18)2)27-17-8-9-20(24)19(23)12-17/h4-13H,3H2,1-2H3,(H,25,26,27);4-13H,3H2,1-2H3,(H,25,26,27)/b2*10-7+. The molecule has 0 aliphatic rings. The molecule has 6 aromatic rings. The van der Waals surface area contributed by atoms with Crippen LogP contribution in [0.1, 0.15) is 30.7 Å². The quantitative estimate of drug-likeness (QED) is 0.0642. The third-order valence-electron chi connectivity index (χ3n) is 8.23. The largest absolute Gasteiger partial charge is 0.463 e. The molecular weight excluding hydrogens is 849 g/mol. The Morgan fingerprint density at radius 1 is 0.689 bits per heavy atom. The van der Waals surface area contributed by atoms with Crippen molar-refractivity contribution in [2.45, 2.75) is 25.8 Å². The van der Waals surface area contributed by atoms with Gasteiger partial charge in [0.25, 0.3) is 0 Å². The molecule has 0 bridgehead atoms. The van der Waals surface area contributed by atoms with Crippen molar-refractivity contribution in [3.05, 3.63) is 148 Å². The second kappa shape index (κ2) is 21.1. The van der Waals surface area contributed by atoms with E-state index >= 15 is 0 Å². The summed E-state index contributed by atoms with van der Waals surface area (Å²) in [5, 5.41) is 5.57. The number of nitrogens with zero attached hydrogens (tertiary/aromatic N) is 4. The highest BCUT2D eigenvalue weighted by atomic mass is 35.5. The van der Waals surface area contributed by atoms with Gasteiger partial charge in [0.05, 0.1) is 29.0 Å². The van der Waals surface area contributed by atoms with Crippen molar-refractivity contribution >= 4 is 80.4 Å². The second-order valence-electron chi connectivity index (χ2n) is 12.8. The van der Waals surface area contributed by atoms with E-state index in [1.807, 2.05) is 31.2 Å². The van der Waals surface area contributed by atoms with E-state index in [1.165, 1.54) is 48.7 Å². The minimum Gasteiger partial charge on any atom is -0.463 e. The third kappa shape index (κ3) is 13.2. The Hall–Kier alpha value is -6.55. The number of nitrogens with one attached hydrogen (secondary N) is 2. The Bertz CT molecular complexity index is 2740. The number of benzene rings is 4. The van der Waals surface area contributed by atoms with Crippen LogP contribution in [0.2, 0.25) is 10.0 Å². The van der Waals surface area contributed by atoms with Crippen LogP contribution in [-0.4, -0.2) is 59.8 Å². The molecular formula is C44H38Cl2F2N6O6S. The molecule has 0 spiro atoms. The molecule has 0 atom stereocenters. The van der Waals surface area contributed by atoms with Gasteiger partial charge in [0.15, 0.2) is 14.9 Å². The zero-order valence-corrected chi connectivity index (χ0v) is 35.4. The van der Waals surface area contributed by atoms with Gasteiger partial charge >= 0.3 is 11.9 Å². The SMILES string of the molecule is CCOC(=O)/C=C/c1cccc(-c2cnc(Nc3ccc(F)c(Cl)c3)nc2C)c1.CCOC(=O)/C=C/c1cccc(-c2cnc(Nc3ccc(F)c(Cl)c3)nc2S(C)(=O)=O)c1. The number of anilines is 4. The van der Waals surface area contributed by atoms with E-state index < -0.39 is 27.4 Å². The fraction of sp³-hybridized carbons (Fsp3) is 0.136. The van der Waals surface area contributed by atoms with Crippen LogP contribution in [0.4, 0.5) is 32.1 Å². The van der Waals surface area contributed by atoms with E-state index in [1.54, 1.807) is 62.5 Å². The first kappa shape index (κ1) is 45.5. The number of hydrogen-bond acceptors (Lipinski definition) is 12. The number of ether oxygens (including phenoxy) is 2. The lowest BCUT2D eigenvalue weighted by Crippen LogP contribution is -2.07. The van der Waals surface area contributed by atoms with E-state index in [0.717, 1.165) is 28.6 Å². The summed E-state index contributed by atoms with van der Waals surface area (Å²) in [5.41, 5.74) is 5.90. The molecule has 0 radical (unpaired) electrons. The molecule has 0 saturated carbocycles. The molecule has 0 aliphatic carbocycles. The first-order chi connectivity index (χ1) is 29.1. The predicted molar refractivity (Wildman–Crippen MR) is 234 cm³/mol. The van der Waals surface area contributed by atoms with Gasteiger partial charge in [-0.1, -0.05) is 59.6 Å². The second-order valence-corrected chi connectivity index (χ2v) is 15.6. The average Bonchev–Trinajstić information content (AvgIpc) is 3.22. The van der Waals surface area contributed by atoms with Gasteiger partial charge in [-0.3, -0.25) is 0 Å². The average molecular weight is 888 g/mol. The maximum absolute atomic E-state index is 13.4. The molecule has 0 amide bonds. The highest BCUT2D eigenvalue weighted by molar-refractivity contribution is 7.90. The van der Waals surface area contributed by atoms with E-state index in [2.05, 4.69) is 30.6 Å². The van der Waals surface area contributed by atoms with Gasteiger partial charge in [-0.25, -0.2) is 46.7 Å². The molecule has 0 aliphatic heterocycles. The first-order valence-corrected chi connectivity index (χ1v) is 21.0. The number of sulfone groups is 1. The van der Waals surface area contributed by atoms with Gasteiger partial charge in [-0.05, 0) is 104 Å². The van der Waals surface area contributed by atoms with Crippen molar-refractivity contribution in [2.24, 2.45) is 0 Å². The maximum atomic E-state index is 13.4. The van der Waals surface area contributed by atoms with Gasteiger partial charge in [0, 0.05) is 53.3 Å². The van der Waals surface area contributed by atoms with Crippen LogP contribution >= 0.6 is 23.2 Å². The van der Waals surface area contributed by atoms with Gasteiger partial charge in [0.2, 0.25) is 11.9 Å². The van der Waals surface area contributed by atoms with Crippen molar-refractivity contribution in [2.75, 3.05) is 30.1 Å². The molecule has 2 heterocycles. The lowest BCUT2D eigenvalue weighted by Gasteiger charge is -2.11. The van der Waals surface area contributed by atoms with Crippen LogP contribution in [0.15, 0.2) is 115 Å². The number of carbonyl (C=O) groups excluding carboxylic acids is 2. The predicted octanol–water partition coefficient (Wildman–Crippen LogP) is 10.2. The molecule has 0 unspecified atom stereocenters. The highest BCUT2D eigenvalue weighted by Crippen LogP contribution is 2.30. The van der Waals surface area contributed by atoms with Crippen molar-refractivity contribution < 1.29 is 36.3 Å². The highest BCUT2D eigenvalue weighted by Gasteiger charge is 2.19. The summed E-state index contributed by atoms with van der Waals surface area (Å²) in [4.78, 5) is 40.2. The number of aryl methyl sites for hydroxylation is 1. The molecule has 2 N–H and O–H groups in total. The fourth-order valence-corrected chi connectivity index (χ4v) is 6.64. The number of hydrogen-bond donors (Lipinski definition) is 2. The lowest BCUT2D eigenvalue weighted by molar-refractivity contribution is -0.138. The Morgan fingerprint density at radius 2 is 1.15 bits per heavy atom. The van der Waals surface area contributed by atoms with Crippen LogP contribution in [0.25, 0.3) is 34.4 Å². The van der Waals surface area contributed by atoms with Crippen LogP contribution < -0.4 is 10.6 Å². The molecule has 61 heavy (non-hydrogen) atoms. The topological polar surface area (TPSA) is 162 Å². The van der Waals surface area contributed by atoms with Crippen LogP contribution in [0.3, 0.4) is 0 Å². The molecule has 0 saturated heterocycles. The lowest BCUT2D eigenvalue weighted by atomic mass is 10.0. The van der Waals surface area contributed by atoms with Crippen LogP contribution in [0.5, 0.6) is 0 Å². The molecule has 314 valence electrons. The van der Waals surface area contributed by atoms with Crippen molar-refractivity contribution in [1.29, 1.82) is 0 Å². The summed E-state index contributed by atoms with van der Waals surface area (Å²) >= 11 is 11.6. The zero-order valence-electron chi connectivity index (χ0n) is 33.1. The molecule has 17 heteroatoms. The zero-order chi connectivity index (χ0) is 44.1. The number of esters is 2. The summed E-state index contributed by atoms with van der Waals surface area (Å²) in [5.74, 6) is -1.53. The number of carbonyl (C=O) groups is 2. The minimum absolute atomic E-state index is 0.00945. The monoisotopic (exact) mass is 886 g/mol. The molecule has 0 fully saturated rings. The number of aromatic nitrogens is 4. The number of rotatable bonds is 13. The molecule has 6 rings (SSSR count). The Labute approximate surface area is 361 Å². The van der Waals surface area contributed by atoms with Crippen LogP contribution in [-0.2, 0) is 28.9 Å². The van der Waals surface area contributed by atoms with E-state index in [9.17, 15) is 26.8 Å². The van der Waals surface area contributed by atoms with Gasteiger partial charge in [-0.2, -0.15) is 0 Å². The van der Waals surface area contributed by atoms with E-state index in [0.29, 0.717) is 40.6 Å². The summed E-state index contributed by atoms with van der Waals surface area (Å²) in [6, 6.07) is 22.8. The Kier molecular flexibility index (Phi) is 15.8. The third-order valence-corrected chi connectivity index (χ3v) is 9.82. The summed E-state index contributed by atoms with van der Waals surface area (Å²) < 4.78 is 61.3. The van der Waals surface area contributed by atoms with Crippen LogP contribution in [0, 0.1) is 18.6 Å². The van der Waals surface area contributed by atoms with Crippen molar-refractivity contribution in [3.8, 4) is 22.3 Å². The van der Waals surface area contributed by atoms with Crippen molar-refractivity contribution in [3.63, 3.8) is 0 Å². The molecule has 2 aromatic heterocycles. The van der Waals surface area contributed by atoms with Gasteiger partial charge in [0.1, 0.15) is 11.6 Å². The molecule has 4 aromatic carbocycles. The maximum Gasteiger partial charge on any atom is 0.330 e. The van der Waals surface area contributed by atoms with Gasteiger partial charge < -0.3 is 20.1 Å². The van der Waals surface area contributed by atoms with E-state index in [-0.39, 0.29) is 33.6 Å².